The summed E-state index contributed by atoms with van der Waals surface area (Å²) in [6, 6.07) is 4.20. The predicted molar refractivity (Wildman–Crippen MR) is 49.3 cm³/mol. The minimum absolute atomic E-state index is 0.103. The molecular weight excluding hydrogens is 229 g/mol. The molecule has 1 aromatic rings. The molecule has 2 rings (SSSR count). The minimum Gasteiger partial charge on any atom is -0.486 e. The Labute approximate surface area is 88.4 Å². The molecule has 1 aliphatic heterocycles. The average molecular weight is 236 g/mol. The lowest BCUT2D eigenvalue weighted by molar-refractivity contribution is -0.0328. The van der Waals surface area contributed by atoms with Crippen LogP contribution in [0, 0.1) is 0 Å². The zero-order chi connectivity index (χ0) is 10.9. The molecule has 0 radical (unpaired) electrons. The first-order valence-corrected chi connectivity index (χ1v) is 5.02. The quantitative estimate of drug-likeness (QED) is 0.698. The number of alkyl halides is 3. The first-order valence-electron chi connectivity index (χ1n) is 4.20. The van der Waals surface area contributed by atoms with E-state index in [1.165, 1.54) is 18.2 Å². The van der Waals surface area contributed by atoms with Crippen LogP contribution in [0.1, 0.15) is 0 Å². The van der Waals surface area contributed by atoms with Crippen molar-refractivity contribution in [2.24, 2.45) is 0 Å². The molecule has 1 aromatic carbocycles. The van der Waals surface area contributed by atoms with Crippen LogP contribution in [0.2, 0.25) is 0 Å². The van der Waals surface area contributed by atoms with Gasteiger partial charge in [0.05, 0.1) is 0 Å². The molecule has 82 valence electrons. The van der Waals surface area contributed by atoms with Crippen LogP contribution in [-0.2, 0) is 0 Å². The summed E-state index contributed by atoms with van der Waals surface area (Å²) in [5.41, 5.74) is -4.27. The Morgan fingerprint density at radius 2 is 1.73 bits per heavy atom. The summed E-state index contributed by atoms with van der Waals surface area (Å²) in [6.45, 7) is 0.798. The number of rotatable bonds is 1. The van der Waals surface area contributed by atoms with Crippen molar-refractivity contribution in [1.82, 2.24) is 0 Å². The highest BCUT2D eigenvalue weighted by Crippen LogP contribution is 2.41. The predicted octanol–water partition coefficient (Wildman–Crippen LogP) is 3.07. The van der Waals surface area contributed by atoms with Gasteiger partial charge in [-0.05, 0) is 30.0 Å². The lowest BCUT2D eigenvalue weighted by Crippen LogP contribution is -2.15. The Morgan fingerprint density at radius 3 is 2.40 bits per heavy atom. The molecule has 0 atom stereocenters. The van der Waals surface area contributed by atoms with Crippen LogP contribution < -0.4 is 9.47 Å². The largest absolute Gasteiger partial charge is 0.486 e. The second-order valence-electron chi connectivity index (χ2n) is 2.85. The van der Waals surface area contributed by atoms with E-state index in [9.17, 15) is 13.2 Å². The van der Waals surface area contributed by atoms with E-state index in [1.54, 1.807) is 0 Å². The number of benzene rings is 1. The van der Waals surface area contributed by atoms with Gasteiger partial charge in [-0.3, -0.25) is 0 Å². The smallest absolute Gasteiger partial charge is 0.446 e. The van der Waals surface area contributed by atoms with Gasteiger partial charge in [0, 0.05) is 4.90 Å². The van der Waals surface area contributed by atoms with Crippen molar-refractivity contribution in [2.75, 3.05) is 13.2 Å². The second kappa shape index (κ2) is 3.84. The van der Waals surface area contributed by atoms with Crippen LogP contribution in [0.3, 0.4) is 0 Å². The summed E-state index contributed by atoms with van der Waals surface area (Å²) in [5.74, 6) is 0.864. The summed E-state index contributed by atoms with van der Waals surface area (Å²) in [7, 11) is 0. The first kappa shape index (κ1) is 10.5. The van der Waals surface area contributed by atoms with Gasteiger partial charge in [0.1, 0.15) is 13.2 Å². The van der Waals surface area contributed by atoms with Crippen LogP contribution in [0.25, 0.3) is 0 Å². The Bertz CT molecular complexity index is 365. The molecule has 15 heavy (non-hydrogen) atoms. The first-order chi connectivity index (χ1) is 7.04. The van der Waals surface area contributed by atoms with Gasteiger partial charge in [0.15, 0.2) is 11.5 Å². The normalized spacial score (nSPS) is 15.1. The van der Waals surface area contributed by atoms with Crippen molar-refractivity contribution in [2.45, 2.75) is 10.4 Å². The third-order valence-corrected chi connectivity index (χ3v) is 2.47. The summed E-state index contributed by atoms with van der Waals surface area (Å²) in [5, 5.41) is 0. The third kappa shape index (κ3) is 2.71. The fourth-order valence-corrected chi connectivity index (χ4v) is 1.79. The van der Waals surface area contributed by atoms with E-state index in [-0.39, 0.29) is 16.7 Å². The number of hydrogen-bond donors (Lipinski definition) is 0. The van der Waals surface area contributed by atoms with Crippen LogP contribution in [0.4, 0.5) is 13.2 Å². The van der Waals surface area contributed by atoms with Gasteiger partial charge >= 0.3 is 5.51 Å². The molecule has 6 heteroatoms. The summed E-state index contributed by atoms with van der Waals surface area (Å²) >= 11 is -0.162. The van der Waals surface area contributed by atoms with E-state index in [4.69, 9.17) is 9.47 Å². The molecule has 0 unspecified atom stereocenters. The molecule has 0 fully saturated rings. The number of halogens is 3. The van der Waals surface area contributed by atoms with Crippen LogP contribution in [0.15, 0.2) is 23.1 Å². The average Bonchev–Trinajstić information content (AvgIpc) is 2.15. The van der Waals surface area contributed by atoms with E-state index >= 15 is 0 Å². The maximum Gasteiger partial charge on any atom is 0.446 e. The van der Waals surface area contributed by atoms with Crippen LogP contribution >= 0.6 is 11.8 Å². The highest BCUT2D eigenvalue weighted by atomic mass is 32.2. The summed E-state index contributed by atoms with van der Waals surface area (Å²) < 4.78 is 46.6. The topological polar surface area (TPSA) is 18.5 Å². The van der Waals surface area contributed by atoms with E-state index in [1.807, 2.05) is 0 Å². The molecule has 0 aromatic heterocycles. The molecule has 0 amide bonds. The maximum absolute atomic E-state index is 12.1. The summed E-state index contributed by atoms with van der Waals surface area (Å²) in [4.78, 5) is 0.103. The van der Waals surface area contributed by atoms with Crippen LogP contribution in [0.5, 0.6) is 11.5 Å². The van der Waals surface area contributed by atoms with Crippen molar-refractivity contribution >= 4 is 11.8 Å². The molecule has 0 spiro atoms. The van der Waals surface area contributed by atoms with Crippen molar-refractivity contribution < 1.29 is 22.6 Å². The lowest BCUT2D eigenvalue weighted by Gasteiger charge is -2.18. The zero-order valence-electron chi connectivity index (χ0n) is 7.50. The number of fused-ring (bicyclic) bond motifs is 1. The number of hydrogen-bond acceptors (Lipinski definition) is 3. The van der Waals surface area contributed by atoms with E-state index in [0.717, 1.165) is 0 Å². The molecule has 2 nitrogen and oxygen atoms in total. The Kier molecular flexibility index (Phi) is 2.68. The van der Waals surface area contributed by atoms with Gasteiger partial charge in [-0.15, -0.1) is 0 Å². The molecular formula is C9H7F3O2S. The summed E-state index contributed by atoms with van der Waals surface area (Å²) in [6.07, 6.45) is 0. The Hall–Kier alpha value is -1.04. The molecule has 0 saturated carbocycles. The van der Waals surface area contributed by atoms with Crippen LogP contribution in [-0.4, -0.2) is 18.7 Å². The SMILES string of the molecule is FC(F)(F)Sc1ccc2c(c1)OCCO2. The number of ether oxygens (including phenoxy) is 2. The fourth-order valence-electron chi connectivity index (χ4n) is 1.22. The van der Waals surface area contributed by atoms with E-state index < -0.39 is 5.51 Å². The highest BCUT2D eigenvalue weighted by Gasteiger charge is 2.29. The Morgan fingerprint density at radius 1 is 1.07 bits per heavy atom. The van der Waals surface area contributed by atoms with Crippen molar-refractivity contribution in [3.8, 4) is 11.5 Å². The fraction of sp³-hybridized carbons (Fsp3) is 0.333. The molecule has 0 aliphatic carbocycles. The highest BCUT2D eigenvalue weighted by molar-refractivity contribution is 8.00. The zero-order valence-corrected chi connectivity index (χ0v) is 8.32. The van der Waals surface area contributed by atoms with E-state index in [2.05, 4.69) is 0 Å². The maximum atomic E-state index is 12.1. The van der Waals surface area contributed by atoms with Gasteiger partial charge in [-0.1, -0.05) is 0 Å². The van der Waals surface area contributed by atoms with Gasteiger partial charge in [0.2, 0.25) is 0 Å². The molecule has 0 N–H and O–H groups in total. The molecule has 0 saturated heterocycles. The van der Waals surface area contributed by atoms with Crippen molar-refractivity contribution in [3.63, 3.8) is 0 Å². The lowest BCUT2D eigenvalue weighted by atomic mass is 10.3. The standard InChI is InChI=1S/C9H7F3O2S/c10-9(11,12)15-6-1-2-7-8(5-6)14-4-3-13-7/h1-2,5H,3-4H2. The molecule has 0 bridgehead atoms. The number of thioether (sulfide) groups is 1. The van der Waals surface area contributed by atoms with Gasteiger partial charge in [-0.25, -0.2) is 0 Å². The third-order valence-electron chi connectivity index (χ3n) is 1.75. The van der Waals surface area contributed by atoms with Gasteiger partial charge in [0.25, 0.3) is 0 Å². The monoisotopic (exact) mass is 236 g/mol. The van der Waals surface area contributed by atoms with E-state index in [0.29, 0.717) is 24.7 Å². The van der Waals surface area contributed by atoms with Gasteiger partial charge < -0.3 is 9.47 Å². The van der Waals surface area contributed by atoms with Gasteiger partial charge in [-0.2, -0.15) is 13.2 Å². The van der Waals surface area contributed by atoms with Crippen molar-refractivity contribution in [3.05, 3.63) is 18.2 Å². The Balaban J connectivity index is 2.21. The minimum atomic E-state index is -4.27. The second-order valence-corrected chi connectivity index (χ2v) is 3.99. The van der Waals surface area contributed by atoms with Crippen molar-refractivity contribution in [1.29, 1.82) is 0 Å². The molecule has 1 heterocycles. The molecule has 1 aliphatic rings.